The Labute approximate surface area is 178 Å². The predicted octanol–water partition coefficient (Wildman–Crippen LogP) is 5.53. The van der Waals surface area contributed by atoms with Gasteiger partial charge in [-0.15, -0.1) is 5.10 Å². The summed E-state index contributed by atoms with van der Waals surface area (Å²) >= 11 is 4.87. The van der Waals surface area contributed by atoms with Crippen molar-refractivity contribution in [3.8, 4) is 0 Å². The molecule has 1 amide bonds. The molecule has 0 aliphatic carbocycles. The van der Waals surface area contributed by atoms with Crippen LogP contribution in [0.15, 0.2) is 63.3 Å². The molecule has 1 heterocycles. The van der Waals surface area contributed by atoms with Crippen LogP contribution in [0.3, 0.4) is 0 Å². The Balaban J connectivity index is 1.81. The lowest BCUT2D eigenvalue weighted by Crippen LogP contribution is -2.14. The van der Waals surface area contributed by atoms with Crippen molar-refractivity contribution in [2.45, 2.75) is 43.8 Å². The van der Waals surface area contributed by atoms with Gasteiger partial charge in [-0.3, -0.25) is 4.79 Å². The summed E-state index contributed by atoms with van der Waals surface area (Å²) in [4.78, 5) is 17.6. The first kappa shape index (κ1) is 20.6. The fourth-order valence-corrected chi connectivity index (χ4v) is 4.07. The van der Waals surface area contributed by atoms with Gasteiger partial charge in [-0.2, -0.15) is 4.98 Å². The number of hydrogen-bond donors (Lipinski definition) is 1. The van der Waals surface area contributed by atoms with Gasteiger partial charge in [-0.05, 0) is 58.2 Å². The summed E-state index contributed by atoms with van der Waals surface area (Å²) in [5, 5.41) is 8.25. The molecule has 3 aromatic rings. The standard InChI is InChI=1S/C21H23BrN4OS/c1-14(2)12-19(27)23-17-6-4-5-7-18(17)28-21-24-20(22)25-26(21)13-16-10-8-15(3)9-11-16/h4-11,14H,12-13H2,1-3H3,(H,23,27). The van der Waals surface area contributed by atoms with Gasteiger partial charge in [0.25, 0.3) is 0 Å². The third kappa shape index (κ3) is 5.69. The molecule has 0 saturated heterocycles. The maximum Gasteiger partial charge on any atom is 0.224 e. The predicted molar refractivity (Wildman–Crippen MR) is 117 cm³/mol. The van der Waals surface area contributed by atoms with E-state index in [0.29, 0.717) is 23.6 Å². The van der Waals surface area contributed by atoms with Crippen LogP contribution < -0.4 is 5.32 Å². The fraction of sp³-hybridized carbons (Fsp3) is 0.286. The van der Waals surface area contributed by atoms with Gasteiger partial charge in [-0.25, -0.2) is 4.68 Å². The molecular weight excluding hydrogens is 436 g/mol. The summed E-state index contributed by atoms with van der Waals surface area (Å²) in [7, 11) is 0. The molecule has 0 aliphatic rings. The molecule has 0 saturated carbocycles. The van der Waals surface area contributed by atoms with E-state index in [-0.39, 0.29) is 5.91 Å². The first-order chi connectivity index (χ1) is 13.4. The Kier molecular flexibility index (Phi) is 6.91. The SMILES string of the molecule is Cc1ccc(Cn2nc(Br)nc2Sc2ccccc2NC(=O)CC(C)C)cc1. The number of nitrogens with zero attached hydrogens (tertiary/aromatic N) is 3. The molecule has 0 unspecified atom stereocenters. The summed E-state index contributed by atoms with van der Waals surface area (Å²) in [5.74, 6) is 0.332. The van der Waals surface area contributed by atoms with Crippen molar-refractivity contribution in [2.24, 2.45) is 5.92 Å². The first-order valence-electron chi connectivity index (χ1n) is 9.13. The molecule has 0 atom stereocenters. The van der Waals surface area contributed by atoms with Crippen molar-refractivity contribution >= 4 is 39.3 Å². The number of rotatable bonds is 7. The highest BCUT2D eigenvalue weighted by molar-refractivity contribution is 9.10. The second-order valence-corrected chi connectivity index (χ2v) is 8.77. The summed E-state index contributed by atoms with van der Waals surface area (Å²) < 4.78 is 2.41. The minimum absolute atomic E-state index is 0.0188. The van der Waals surface area contributed by atoms with Gasteiger partial charge in [0, 0.05) is 11.3 Å². The van der Waals surface area contributed by atoms with Gasteiger partial charge in [0.1, 0.15) is 0 Å². The normalized spacial score (nSPS) is 11.0. The lowest BCUT2D eigenvalue weighted by atomic mass is 10.1. The molecule has 146 valence electrons. The van der Waals surface area contributed by atoms with E-state index in [0.717, 1.165) is 21.3 Å². The number of amides is 1. The Bertz CT molecular complexity index is 953. The number of aromatic nitrogens is 3. The van der Waals surface area contributed by atoms with E-state index < -0.39 is 0 Å². The average Bonchev–Trinajstić information content (AvgIpc) is 2.97. The molecule has 5 nitrogen and oxygen atoms in total. The third-order valence-corrected chi connectivity index (χ3v) is 5.42. The maximum absolute atomic E-state index is 12.2. The van der Waals surface area contributed by atoms with Crippen molar-refractivity contribution in [2.75, 3.05) is 5.32 Å². The molecule has 0 bridgehead atoms. The number of carbonyl (C=O) groups is 1. The highest BCUT2D eigenvalue weighted by Crippen LogP contribution is 2.33. The Morgan fingerprint density at radius 3 is 2.61 bits per heavy atom. The van der Waals surface area contributed by atoms with Crippen LogP contribution in [0, 0.1) is 12.8 Å². The number of nitrogens with one attached hydrogen (secondary N) is 1. The van der Waals surface area contributed by atoms with E-state index in [4.69, 9.17) is 0 Å². The molecule has 28 heavy (non-hydrogen) atoms. The maximum atomic E-state index is 12.2. The Morgan fingerprint density at radius 2 is 1.89 bits per heavy atom. The number of carbonyl (C=O) groups excluding carboxylic acids is 1. The van der Waals surface area contributed by atoms with Crippen LogP contribution in [-0.2, 0) is 11.3 Å². The van der Waals surface area contributed by atoms with E-state index in [1.165, 1.54) is 17.3 Å². The van der Waals surface area contributed by atoms with E-state index in [1.54, 1.807) is 0 Å². The van der Waals surface area contributed by atoms with Crippen molar-refractivity contribution < 1.29 is 4.79 Å². The summed E-state index contributed by atoms with van der Waals surface area (Å²) in [6.45, 7) is 6.77. The van der Waals surface area contributed by atoms with Crippen LogP contribution in [0.25, 0.3) is 0 Å². The Morgan fingerprint density at radius 1 is 1.18 bits per heavy atom. The molecule has 3 rings (SSSR count). The van der Waals surface area contributed by atoms with E-state index in [1.807, 2.05) is 42.8 Å². The molecule has 0 spiro atoms. The van der Waals surface area contributed by atoms with E-state index in [2.05, 4.69) is 62.5 Å². The van der Waals surface area contributed by atoms with Crippen LogP contribution in [-0.4, -0.2) is 20.7 Å². The van der Waals surface area contributed by atoms with Crippen molar-refractivity contribution in [1.29, 1.82) is 0 Å². The van der Waals surface area contributed by atoms with Gasteiger partial charge in [-0.1, -0.05) is 55.8 Å². The minimum Gasteiger partial charge on any atom is -0.325 e. The monoisotopic (exact) mass is 458 g/mol. The van der Waals surface area contributed by atoms with Crippen LogP contribution in [0.4, 0.5) is 5.69 Å². The highest BCUT2D eigenvalue weighted by Gasteiger charge is 2.14. The number of benzene rings is 2. The third-order valence-electron chi connectivity index (χ3n) is 4.02. The molecule has 0 radical (unpaired) electrons. The number of halogens is 1. The van der Waals surface area contributed by atoms with E-state index in [9.17, 15) is 4.79 Å². The van der Waals surface area contributed by atoms with Crippen LogP contribution in [0.1, 0.15) is 31.4 Å². The van der Waals surface area contributed by atoms with Crippen molar-refractivity contribution in [3.63, 3.8) is 0 Å². The van der Waals surface area contributed by atoms with Gasteiger partial charge >= 0.3 is 0 Å². The van der Waals surface area contributed by atoms with Crippen LogP contribution >= 0.6 is 27.7 Å². The largest absolute Gasteiger partial charge is 0.325 e. The second-order valence-electron chi connectivity index (χ2n) is 7.05. The smallest absolute Gasteiger partial charge is 0.224 e. The fourth-order valence-electron chi connectivity index (χ4n) is 2.68. The zero-order valence-corrected chi connectivity index (χ0v) is 18.5. The van der Waals surface area contributed by atoms with Crippen molar-refractivity contribution in [1.82, 2.24) is 14.8 Å². The average molecular weight is 459 g/mol. The molecule has 1 aromatic heterocycles. The summed E-state index contributed by atoms with van der Waals surface area (Å²) in [5.41, 5.74) is 3.17. The summed E-state index contributed by atoms with van der Waals surface area (Å²) in [6, 6.07) is 16.1. The van der Waals surface area contributed by atoms with Crippen LogP contribution in [0.5, 0.6) is 0 Å². The minimum atomic E-state index is 0.0188. The molecule has 2 aromatic carbocycles. The first-order valence-corrected chi connectivity index (χ1v) is 10.7. The van der Waals surface area contributed by atoms with Crippen molar-refractivity contribution in [3.05, 3.63) is 64.4 Å². The summed E-state index contributed by atoms with van der Waals surface area (Å²) in [6.07, 6.45) is 0.494. The topological polar surface area (TPSA) is 59.8 Å². The van der Waals surface area contributed by atoms with E-state index >= 15 is 0 Å². The lowest BCUT2D eigenvalue weighted by Gasteiger charge is -2.12. The number of anilines is 1. The van der Waals surface area contributed by atoms with Gasteiger partial charge < -0.3 is 5.32 Å². The van der Waals surface area contributed by atoms with Crippen LogP contribution in [0.2, 0.25) is 0 Å². The zero-order chi connectivity index (χ0) is 20.1. The molecular formula is C21H23BrN4OS. The molecule has 7 heteroatoms. The van der Waals surface area contributed by atoms with Gasteiger partial charge in [0.15, 0.2) is 5.16 Å². The quantitative estimate of drug-likeness (QED) is 0.505. The molecule has 1 N–H and O–H groups in total. The zero-order valence-electron chi connectivity index (χ0n) is 16.1. The number of para-hydroxylation sites is 1. The number of hydrogen-bond acceptors (Lipinski definition) is 4. The lowest BCUT2D eigenvalue weighted by molar-refractivity contribution is -0.116. The second kappa shape index (κ2) is 9.39. The molecule has 0 aliphatic heterocycles. The van der Waals surface area contributed by atoms with Gasteiger partial charge in [0.2, 0.25) is 10.6 Å². The molecule has 0 fully saturated rings. The number of aryl methyl sites for hydroxylation is 1. The highest BCUT2D eigenvalue weighted by atomic mass is 79.9. The van der Waals surface area contributed by atoms with Gasteiger partial charge in [0.05, 0.1) is 12.2 Å². The Hall–Kier alpha value is -2.12.